The van der Waals surface area contributed by atoms with Gasteiger partial charge in [-0.15, -0.1) is 24.8 Å². The van der Waals surface area contributed by atoms with Crippen LogP contribution in [0.4, 0.5) is 5.69 Å². The average molecular weight is 423 g/mol. The molecule has 4 N–H and O–H groups in total. The van der Waals surface area contributed by atoms with Crippen LogP contribution in [0.1, 0.15) is 5.56 Å². The summed E-state index contributed by atoms with van der Waals surface area (Å²) in [5.74, 6) is 0. The lowest BCUT2D eigenvalue weighted by atomic mass is 10.2. The molecule has 0 bridgehead atoms. The Morgan fingerprint density at radius 2 is 1.73 bits per heavy atom. The van der Waals surface area contributed by atoms with Gasteiger partial charge in [0, 0.05) is 38.8 Å². The fourth-order valence-electron chi connectivity index (χ4n) is 2.06. The van der Waals surface area contributed by atoms with Crippen molar-refractivity contribution in [2.75, 3.05) is 33.2 Å². The normalized spacial score (nSPS) is 14.6. The predicted molar refractivity (Wildman–Crippen MR) is 95.3 cm³/mol. The molecule has 22 heavy (non-hydrogen) atoms. The summed E-state index contributed by atoms with van der Waals surface area (Å²) >= 11 is 3.25. The van der Waals surface area contributed by atoms with Gasteiger partial charge in [-0.3, -0.25) is 15.0 Å². The minimum absolute atomic E-state index is 0. The summed E-state index contributed by atoms with van der Waals surface area (Å²) in [6.07, 6.45) is 0. The summed E-state index contributed by atoms with van der Waals surface area (Å²) in [6, 6.07) is 5.24. The summed E-state index contributed by atoms with van der Waals surface area (Å²) in [7, 11) is 2.12. The first-order valence-corrected chi connectivity index (χ1v) is 6.69. The summed E-state index contributed by atoms with van der Waals surface area (Å²) in [6.45, 7) is 5.10. The zero-order chi connectivity index (χ0) is 13.1. The van der Waals surface area contributed by atoms with Crippen LogP contribution in [-0.2, 0) is 6.54 Å². The minimum atomic E-state index is -0.371. The molecule has 7 nitrogen and oxygen atoms in total. The number of hydrogen-bond donors (Lipinski definition) is 0. The summed E-state index contributed by atoms with van der Waals surface area (Å²) < 4.78 is 0.555. The number of benzene rings is 1. The lowest BCUT2D eigenvalue weighted by Gasteiger charge is -2.32. The van der Waals surface area contributed by atoms with Gasteiger partial charge < -0.3 is 15.9 Å². The fourth-order valence-corrected chi connectivity index (χ4v) is 2.63. The molecule has 1 aromatic rings. The zero-order valence-electron chi connectivity index (χ0n) is 12.1. The molecule has 0 saturated carbocycles. The molecule has 0 unspecified atom stereocenters. The van der Waals surface area contributed by atoms with Crippen molar-refractivity contribution >= 4 is 46.4 Å². The quantitative estimate of drug-likeness (QED) is 0.539. The van der Waals surface area contributed by atoms with E-state index in [4.69, 9.17) is 0 Å². The van der Waals surface area contributed by atoms with E-state index in [0.29, 0.717) is 4.47 Å². The number of piperazine rings is 1. The lowest BCUT2D eigenvalue weighted by Crippen LogP contribution is -2.43. The van der Waals surface area contributed by atoms with E-state index in [2.05, 4.69) is 32.8 Å². The highest BCUT2D eigenvalue weighted by molar-refractivity contribution is 9.10. The van der Waals surface area contributed by atoms with Crippen molar-refractivity contribution in [1.82, 2.24) is 9.80 Å². The molecular formula is C12H22BrCl2N3O4. The van der Waals surface area contributed by atoms with Crippen LogP contribution in [0.3, 0.4) is 0 Å². The van der Waals surface area contributed by atoms with Gasteiger partial charge >= 0.3 is 0 Å². The van der Waals surface area contributed by atoms with Gasteiger partial charge in [0.25, 0.3) is 5.69 Å². The molecule has 0 atom stereocenters. The van der Waals surface area contributed by atoms with E-state index in [1.54, 1.807) is 6.07 Å². The van der Waals surface area contributed by atoms with Crippen LogP contribution in [0.25, 0.3) is 0 Å². The Morgan fingerprint density at radius 1 is 1.18 bits per heavy atom. The van der Waals surface area contributed by atoms with Crippen LogP contribution in [0.2, 0.25) is 0 Å². The van der Waals surface area contributed by atoms with Crippen molar-refractivity contribution in [1.29, 1.82) is 0 Å². The van der Waals surface area contributed by atoms with Crippen LogP contribution < -0.4 is 0 Å². The van der Waals surface area contributed by atoms with Crippen molar-refractivity contribution in [3.05, 3.63) is 38.3 Å². The molecule has 130 valence electrons. The van der Waals surface area contributed by atoms with Gasteiger partial charge in [0.15, 0.2) is 0 Å². The monoisotopic (exact) mass is 421 g/mol. The Bertz CT molecular complexity index is 460. The molecule has 1 fully saturated rings. The van der Waals surface area contributed by atoms with Crippen LogP contribution in [0.5, 0.6) is 0 Å². The molecule has 1 aliphatic heterocycles. The summed E-state index contributed by atoms with van der Waals surface area (Å²) in [5.41, 5.74) is 1.23. The van der Waals surface area contributed by atoms with Crippen molar-refractivity contribution in [3.8, 4) is 0 Å². The molecule has 1 heterocycles. The first-order chi connectivity index (χ1) is 8.56. The van der Waals surface area contributed by atoms with Crippen molar-refractivity contribution in [3.63, 3.8) is 0 Å². The molecule has 10 heteroatoms. The standard InChI is InChI=1S/C12H16BrN3O2.2ClH.2H2O/c1-14-4-6-15(7-5-14)9-10-2-3-12(16(17)18)11(13)8-10;;;;/h2-3,8H,4-7,9H2,1H3;2*1H;2*1H2. The van der Waals surface area contributed by atoms with Crippen LogP contribution in [-0.4, -0.2) is 58.9 Å². The molecule has 1 aromatic carbocycles. The van der Waals surface area contributed by atoms with E-state index in [-0.39, 0.29) is 46.4 Å². The van der Waals surface area contributed by atoms with Gasteiger partial charge in [-0.05, 0) is 34.6 Å². The first kappa shape index (κ1) is 26.4. The highest BCUT2D eigenvalue weighted by Gasteiger charge is 2.16. The minimum Gasteiger partial charge on any atom is -0.412 e. The number of nitro groups is 1. The van der Waals surface area contributed by atoms with Gasteiger partial charge in [0.2, 0.25) is 0 Å². The van der Waals surface area contributed by atoms with Gasteiger partial charge in [0.05, 0.1) is 9.40 Å². The topological polar surface area (TPSA) is 113 Å². The highest BCUT2D eigenvalue weighted by atomic mass is 79.9. The number of hydrogen-bond acceptors (Lipinski definition) is 4. The molecule has 0 aliphatic carbocycles. The van der Waals surface area contributed by atoms with Crippen molar-refractivity contribution < 1.29 is 15.9 Å². The van der Waals surface area contributed by atoms with E-state index >= 15 is 0 Å². The largest absolute Gasteiger partial charge is 0.412 e. The average Bonchev–Trinajstić information content (AvgIpc) is 2.32. The third-order valence-electron chi connectivity index (χ3n) is 3.21. The Hall–Kier alpha value is -0.480. The highest BCUT2D eigenvalue weighted by Crippen LogP contribution is 2.26. The molecule has 1 aliphatic rings. The van der Waals surface area contributed by atoms with Crippen molar-refractivity contribution in [2.24, 2.45) is 0 Å². The Labute approximate surface area is 150 Å². The molecule has 0 amide bonds. The van der Waals surface area contributed by atoms with E-state index in [9.17, 15) is 10.1 Å². The van der Waals surface area contributed by atoms with Crippen molar-refractivity contribution in [2.45, 2.75) is 6.54 Å². The zero-order valence-corrected chi connectivity index (χ0v) is 15.3. The lowest BCUT2D eigenvalue weighted by molar-refractivity contribution is -0.385. The third kappa shape index (κ3) is 7.19. The van der Waals surface area contributed by atoms with Crippen LogP contribution in [0, 0.1) is 10.1 Å². The maximum absolute atomic E-state index is 10.7. The molecule has 2 rings (SSSR count). The number of nitro benzene ring substituents is 1. The Balaban J connectivity index is -0.000000902. The Morgan fingerprint density at radius 3 is 2.18 bits per heavy atom. The first-order valence-electron chi connectivity index (χ1n) is 5.90. The number of rotatable bonds is 3. The second kappa shape index (κ2) is 12.0. The van der Waals surface area contributed by atoms with Gasteiger partial charge in [0.1, 0.15) is 0 Å². The Kier molecular flexibility index (Phi) is 14.4. The summed E-state index contributed by atoms with van der Waals surface area (Å²) in [4.78, 5) is 15.0. The van der Waals surface area contributed by atoms with E-state index in [0.717, 1.165) is 38.3 Å². The molecule has 0 spiro atoms. The second-order valence-corrected chi connectivity index (χ2v) is 5.48. The van der Waals surface area contributed by atoms with E-state index in [1.807, 2.05) is 12.1 Å². The molecule has 1 saturated heterocycles. The van der Waals surface area contributed by atoms with Crippen LogP contribution in [0.15, 0.2) is 22.7 Å². The SMILES string of the molecule is CN1CCN(Cc2ccc([N+](=O)[O-])c(Br)c2)CC1.Cl.Cl.O.O. The van der Waals surface area contributed by atoms with Gasteiger partial charge in [-0.25, -0.2) is 0 Å². The smallest absolute Gasteiger partial charge is 0.283 e. The number of halogens is 3. The predicted octanol–water partition coefficient (Wildman–Crippen LogP) is 1.30. The van der Waals surface area contributed by atoms with E-state index < -0.39 is 0 Å². The summed E-state index contributed by atoms with van der Waals surface area (Å²) in [5, 5.41) is 10.7. The van der Waals surface area contributed by atoms with Gasteiger partial charge in [-0.1, -0.05) is 6.07 Å². The van der Waals surface area contributed by atoms with E-state index in [1.165, 1.54) is 0 Å². The third-order valence-corrected chi connectivity index (χ3v) is 3.85. The maximum atomic E-state index is 10.7. The molecular weight excluding hydrogens is 401 g/mol. The number of nitrogens with zero attached hydrogens (tertiary/aromatic N) is 3. The maximum Gasteiger partial charge on any atom is 0.283 e. The fraction of sp³-hybridized carbons (Fsp3) is 0.500. The number of likely N-dealkylation sites (N-methyl/N-ethyl adjacent to an activating group) is 1. The molecule has 0 radical (unpaired) electrons. The van der Waals surface area contributed by atoms with Crippen LogP contribution >= 0.6 is 40.7 Å². The molecule has 0 aromatic heterocycles. The second-order valence-electron chi connectivity index (χ2n) is 4.62. The van der Waals surface area contributed by atoms with Gasteiger partial charge in [-0.2, -0.15) is 0 Å².